The molecule has 6 heteroatoms. The maximum Gasteiger partial charge on any atom is 0.262 e. The van der Waals surface area contributed by atoms with Crippen LogP contribution in [0.2, 0.25) is 0 Å². The molecule has 0 bridgehead atoms. The van der Waals surface area contributed by atoms with Gasteiger partial charge in [-0.3, -0.25) is 9.36 Å². The Hall–Kier alpha value is -2.47. The van der Waals surface area contributed by atoms with E-state index in [1.165, 1.54) is 0 Å². The fourth-order valence-corrected chi connectivity index (χ4v) is 3.47. The van der Waals surface area contributed by atoms with Gasteiger partial charge in [-0.25, -0.2) is 4.98 Å². The molecule has 2 aromatic carbocycles. The smallest absolute Gasteiger partial charge is 0.262 e. The molecule has 0 unspecified atom stereocenters. The van der Waals surface area contributed by atoms with Gasteiger partial charge in [0.1, 0.15) is 0 Å². The third kappa shape index (κ3) is 2.63. The van der Waals surface area contributed by atoms with Crippen molar-refractivity contribution in [2.75, 3.05) is 12.5 Å². The zero-order valence-corrected chi connectivity index (χ0v) is 14.0. The van der Waals surface area contributed by atoms with Gasteiger partial charge in [-0.1, -0.05) is 36.9 Å². The van der Waals surface area contributed by atoms with E-state index in [0.29, 0.717) is 11.9 Å². The Labute approximate surface area is 143 Å². The lowest BCUT2D eigenvalue weighted by molar-refractivity contribution is 0.174. The van der Waals surface area contributed by atoms with Gasteiger partial charge in [-0.15, -0.1) is 0 Å². The van der Waals surface area contributed by atoms with Crippen LogP contribution in [0.4, 0.5) is 0 Å². The Morgan fingerprint density at radius 3 is 2.88 bits per heavy atom. The van der Waals surface area contributed by atoms with E-state index in [-0.39, 0.29) is 12.4 Å². The van der Waals surface area contributed by atoms with E-state index in [1.54, 1.807) is 16.3 Å². The predicted octanol–water partition coefficient (Wildman–Crippen LogP) is 3.29. The summed E-state index contributed by atoms with van der Waals surface area (Å²) in [5.74, 6) is 2.32. The first kappa shape index (κ1) is 15.1. The van der Waals surface area contributed by atoms with Crippen LogP contribution in [-0.4, -0.2) is 22.1 Å². The summed E-state index contributed by atoms with van der Waals surface area (Å²) in [4.78, 5) is 17.6. The van der Waals surface area contributed by atoms with Gasteiger partial charge in [-0.05, 0) is 35.6 Å². The molecule has 0 saturated heterocycles. The summed E-state index contributed by atoms with van der Waals surface area (Å²) in [6.45, 7) is 2.75. The molecule has 0 atom stereocenters. The number of rotatable bonds is 4. The molecule has 0 spiro atoms. The average molecular weight is 340 g/mol. The highest BCUT2D eigenvalue weighted by atomic mass is 32.2. The van der Waals surface area contributed by atoms with Crippen molar-refractivity contribution < 1.29 is 9.47 Å². The SMILES string of the molecule is CCSc1nc2ccccc2c(=O)n1Cc1ccc2c(c1)OCO2. The van der Waals surface area contributed by atoms with Gasteiger partial charge in [-0.2, -0.15) is 0 Å². The van der Waals surface area contributed by atoms with Crippen LogP contribution >= 0.6 is 11.8 Å². The summed E-state index contributed by atoms with van der Waals surface area (Å²) < 4.78 is 12.5. The molecule has 0 fully saturated rings. The first-order valence-corrected chi connectivity index (χ1v) is 8.75. The molecule has 122 valence electrons. The van der Waals surface area contributed by atoms with Crippen LogP contribution in [0, 0.1) is 0 Å². The van der Waals surface area contributed by atoms with Gasteiger partial charge < -0.3 is 9.47 Å². The van der Waals surface area contributed by atoms with Gasteiger partial charge in [0.05, 0.1) is 17.4 Å². The molecular formula is C18H16N2O3S. The number of fused-ring (bicyclic) bond motifs is 2. The minimum atomic E-state index is -0.0192. The van der Waals surface area contributed by atoms with Gasteiger partial charge in [0.25, 0.3) is 5.56 Å². The highest BCUT2D eigenvalue weighted by molar-refractivity contribution is 7.99. The Morgan fingerprint density at radius 2 is 2.00 bits per heavy atom. The Balaban J connectivity index is 1.81. The van der Waals surface area contributed by atoms with E-state index in [1.807, 2.05) is 42.5 Å². The maximum absolute atomic E-state index is 12.9. The average Bonchev–Trinajstić information content (AvgIpc) is 3.06. The largest absolute Gasteiger partial charge is 0.454 e. The van der Waals surface area contributed by atoms with Crippen molar-refractivity contribution >= 4 is 22.7 Å². The van der Waals surface area contributed by atoms with E-state index in [4.69, 9.17) is 9.47 Å². The summed E-state index contributed by atoms with van der Waals surface area (Å²) >= 11 is 1.57. The normalized spacial score (nSPS) is 12.7. The molecule has 2 heterocycles. The van der Waals surface area contributed by atoms with E-state index in [9.17, 15) is 4.79 Å². The second-order valence-corrected chi connectivity index (χ2v) is 6.65. The molecule has 3 aromatic rings. The molecule has 24 heavy (non-hydrogen) atoms. The van der Waals surface area contributed by atoms with Crippen LogP contribution in [-0.2, 0) is 6.54 Å². The Morgan fingerprint density at radius 1 is 1.17 bits per heavy atom. The van der Waals surface area contributed by atoms with Crippen molar-refractivity contribution in [2.24, 2.45) is 0 Å². The lowest BCUT2D eigenvalue weighted by Crippen LogP contribution is -2.24. The van der Waals surface area contributed by atoms with Gasteiger partial charge in [0.15, 0.2) is 16.7 Å². The van der Waals surface area contributed by atoms with E-state index in [0.717, 1.165) is 33.5 Å². The number of hydrogen-bond acceptors (Lipinski definition) is 5. The molecule has 4 rings (SSSR count). The summed E-state index contributed by atoms with van der Waals surface area (Å²) in [6, 6.07) is 13.2. The molecule has 0 saturated carbocycles. The summed E-state index contributed by atoms with van der Waals surface area (Å²) in [6.07, 6.45) is 0. The van der Waals surface area contributed by atoms with Crippen LogP contribution in [0.25, 0.3) is 10.9 Å². The molecular weight excluding hydrogens is 324 g/mol. The topological polar surface area (TPSA) is 53.4 Å². The minimum absolute atomic E-state index is 0.0192. The zero-order valence-electron chi connectivity index (χ0n) is 13.2. The lowest BCUT2D eigenvalue weighted by atomic mass is 10.2. The number of aromatic nitrogens is 2. The fraction of sp³-hybridized carbons (Fsp3) is 0.222. The highest BCUT2D eigenvalue weighted by Gasteiger charge is 2.15. The van der Waals surface area contributed by atoms with Crippen LogP contribution in [0.3, 0.4) is 0 Å². The molecule has 0 amide bonds. The number of benzene rings is 2. The first-order valence-electron chi connectivity index (χ1n) is 7.77. The van der Waals surface area contributed by atoms with E-state index < -0.39 is 0 Å². The van der Waals surface area contributed by atoms with Crippen molar-refractivity contribution in [3.8, 4) is 11.5 Å². The van der Waals surface area contributed by atoms with Crippen LogP contribution in [0.1, 0.15) is 12.5 Å². The molecule has 1 aliphatic heterocycles. The number of ether oxygens (including phenoxy) is 2. The second kappa shape index (κ2) is 6.20. The second-order valence-electron chi connectivity index (χ2n) is 5.42. The van der Waals surface area contributed by atoms with Crippen molar-refractivity contribution in [3.05, 3.63) is 58.4 Å². The summed E-state index contributed by atoms with van der Waals surface area (Å²) in [5.41, 5.74) is 1.70. The van der Waals surface area contributed by atoms with Gasteiger partial charge in [0.2, 0.25) is 6.79 Å². The zero-order chi connectivity index (χ0) is 16.5. The highest BCUT2D eigenvalue weighted by Crippen LogP contribution is 2.32. The van der Waals surface area contributed by atoms with Gasteiger partial charge in [0, 0.05) is 0 Å². The monoisotopic (exact) mass is 340 g/mol. The van der Waals surface area contributed by atoms with Crippen molar-refractivity contribution in [3.63, 3.8) is 0 Å². The summed E-state index contributed by atoms with van der Waals surface area (Å²) in [5, 5.41) is 1.37. The van der Waals surface area contributed by atoms with Crippen LogP contribution in [0.15, 0.2) is 52.4 Å². The lowest BCUT2D eigenvalue weighted by Gasteiger charge is -2.13. The van der Waals surface area contributed by atoms with E-state index in [2.05, 4.69) is 11.9 Å². The van der Waals surface area contributed by atoms with Crippen molar-refractivity contribution in [2.45, 2.75) is 18.6 Å². The Bertz CT molecular complexity index is 968. The number of para-hydroxylation sites is 1. The predicted molar refractivity (Wildman–Crippen MR) is 94.1 cm³/mol. The standard InChI is InChI=1S/C18H16N2O3S/c1-2-24-18-19-14-6-4-3-5-13(14)17(21)20(18)10-12-7-8-15-16(9-12)23-11-22-15/h3-9H,2,10-11H2,1H3. The first-order chi connectivity index (χ1) is 11.8. The van der Waals surface area contributed by atoms with Crippen LogP contribution in [0.5, 0.6) is 11.5 Å². The van der Waals surface area contributed by atoms with E-state index >= 15 is 0 Å². The number of thioether (sulfide) groups is 1. The number of hydrogen-bond donors (Lipinski definition) is 0. The third-order valence-electron chi connectivity index (χ3n) is 3.88. The molecule has 1 aliphatic rings. The molecule has 0 aliphatic carbocycles. The molecule has 1 aromatic heterocycles. The van der Waals surface area contributed by atoms with Crippen molar-refractivity contribution in [1.29, 1.82) is 0 Å². The quantitative estimate of drug-likeness (QED) is 0.539. The fourth-order valence-electron chi connectivity index (χ4n) is 2.75. The van der Waals surface area contributed by atoms with Gasteiger partial charge >= 0.3 is 0 Å². The molecule has 5 nitrogen and oxygen atoms in total. The maximum atomic E-state index is 12.9. The van der Waals surface area contributed by atoms with Crippen LogP contribution < -0.4 is 15.0 Å². The number of nitrogens with zero attached hydrogens (tertiary/aromatic N) is 2. The molecule has 0 N–H and O–H groups in total. The molecule has 0 radical (unpaired) electrons. The summed E-state index contributed by atoms with van der Waals surface area (Å²) in [7, 11) is 0. The Kier molecular flexibility index (Phi) is 3.90. The van der Waals surface area contributed by atoms with Crippen molar-refractivity contribution in [1.82, 2.24) is 9.55 Å². The minimum Gasteiger partial charge on any atom is -0.454 e. The third-order valence-corrected chi connectivity index (χ3v) is 4.74.